The van der Waals surface area contributed by atoms with Crippen molar-refractivity contribution in [2.24, 2.45) is 5.92 Å². The van der Waals surface area contributed by atoms with Gasteiger partial charge in [0.15, 0.2) is 0 Å². The molecule has 1 unspecified atom stereocenters. The van der Waals surface area contributed by atoms with E-state index < -0.39 is 0 Å². The highest BCUT2D eigenvalue weighted by atomic mass is 79.9. The molecule has 0 spiro atoms. The van der Waals surface area contributed by atoms with Gasteiger partial charge >= 0.3 is 0 Å². The van der Waals surface area contributed by atoms with Gasteiger partial charge in [-0.15, -0.1) is 0 Å². The van der Waals surface area contributed by atoms with Gasteiger partial charge in [0, 0.05) is 16.7 Å². The van der Waals surface area contributed by atoms with Crippen LogP contribution in [0.3, 0.4) is 0 Å². The molecule has 0 aliphatic heterocycles. The lowest BCUT2D eigenvalue weighted by Gasteiger charge is -2.14. The molecule has 1 aromatic carbocycles. The van der Waals surface area contributed by atoms with Gasteiger partial charge in [-0.25, -0.2) is 0 Å². The zero-order valence-electron chi connectivity index (χ0n) is 10.7. The van der Waals surface area contributed by atoms with Crippen LogP contribution in [0.1, 0.15) is 37.8 Å². The monoisotopic (exact) mass is 283 g/mol. The van der Waals surface area contributed by atoms with E-state index in [9.17, 15) is 0 Å². The summed E-state index contributed by atoms with van der Waals surface area (Å²) in [7, 11) is 0. The molecular formula is C14H22BrN. The SMILES string of the molecule is CCCC(C)CNc1cc(C)c(Br)c(C)c1. The van der Waals surface area contributed by atoms with Crippen LogP contribution in [0.4, 0.5) is 5.69 Å². The first-order chi connectivity index (χ1) is 7.54. The fourth-order valence-corrected chi connectivity index (χ4v) is 2.16. The van der Waals surface area contributed by atoms with Crippen LogP contribution < -0.4 is 5.32 Å². The van der Waals surface area contributed by atoms with Crippen LogP contribution >= 0.6 is 15.9 Å². The lowest BCUT2D eigenvalue weighted by molar-refractivity contribution is 0.551. The topological polar surface area (TPSA) is 12.0 Å². The van der Waals surface area contributed by atoms with E-state index in [0.29, 0.717) is 0 Å². The van der Waals surface area contributed by atoms with Crippen molar-refractivity contribution in [1.82, 2.24) is 0 Å². The van der Waals surface area contributed by atoms with Gasteiger partial charge in [-0.05, 0) is 49.4 Å². The van der Waals surface area contributed by atoms with Gasteiger partial charge in [0.2, 0.25) is 0 Å². The average molecular weight is 284 g/mol. The van der Waals surface area contributed by atoms with Crippen molar-refractivity contribution in [2.45, 2.75) is 40.5 Å². The first kappa shape index (κ1) is 13.6. The minimum Gasteiger partial charge on any atom is -0.385 e. The van der Waals surface area contributed by atoms with Crippen molar-refractivity contribution in [3.63, 3.8) is 0 Å². The Labute approximate surface area is 108 Å². The quantitative estimate of drug-likeness (QED) is 0.809. The second-order valence-corrected chi connectivity index (χ2v) is 5.49. The highest BCUT2D eigenvalue weighted by Crippen LogP contribution is 2.25. The first-order valence-corrected chi connectivity index (χ1v) is 6.84. The minimum atomic E-state index is 0.745. The third-order valence-corrected chi connectivity index (χ3v) is 4.12. The van der Waals surface area contributed by atoms with E-state index in [1.165, 1.54) is 34.1 Å². The molecule has 0 heterocycles. The molecular weight excluding hydrogens is 262 g/mol. The largest absolute Gasteiger partial charge is 0.385 e. The lowest BCUT2D eigenvalue weighted by Crippen LogP contribution is -2.11. The number of benzene rings is 1. The van der Waals surface area contributed by atoms with Crippen LogP contribution in [0.25, 0.3) is 0 Å². The van der Waals surface area contributed by atoms with Crippen LogP contribution in [0.2, 0.25) is 0 Å². The summed E-state index contributed by atoms with van der Waals surface area (Å²) in [5.74, 6) is 0.745. The second kappa shape index (κ2) is 6.29. The van der Waals surface area contributed by atoms with E-state index in [2.05, 4.69) is 61.1 Å². The Morgan fingerprint density at radius 1 is 1.25 bits per heavy atom. The molecule has 0 saturated heterocycles. The maximum absolute atomic E-state index is 3.59. The summed E-state index contributed by atoms with van der Waals surface area (Å²) >= 11 is 3.59. The normalized spacial score (nSPS) is 12.6. The van der Waals surface area contributed by atoms with Crippen molar-refractivity contribution in [3.05, 3.63) is 27.7 Å². The molecule has 0 bridgehead atoms. The molecule has 90 valence electrons. The van der Waals surface area contributed by atoms with Crippen LogP contribution in [-0.2, 0) is 0 Å². The Balaban J connectivity index is 2.61. The standard InChI is InChI=1S/C14H22BrN/c1-5-6-10(2)9-16-13-7-11(3)14(15)12(4)8-13/h7-8,10,16H,5-6,9H2,1-4H3. The van der Waals surface area contributed by atoms with Gasteiger partial charge in [-0.3, -0.25) is 0 Å². The number of rotatable bonds is 5. The molecule has 16 heavy (non-hydrogen) atoms. The zero-order chi connectivity index (χ0) is 12.1. The summed E-state index contributed by atoms with van der Waals surface area (Å²) in [6.07, 6.45) is 2.56. The lowest BCUT2D eigenvalue weighted by atomic mass is 10.1. The van der Waals surface area contributed by atoms with Gasteiger partial charge in [0.1, 0.15) is 0 Å². The molecule has 0 amide bonds. The smallest absolute Gasteiger partial charge is 0.0346 e. The number of anilines is 1. The van der Waals surface area contributed by atoms with Crippen LogP contribution in [0.5, 0.6) is 0 Å². The van der Waals surface area contributed by atoms with E-state index in [0.717, 1.165) is 12.5 Å². The van der Waals surface area contributed by atoms with Crippen molar-refractivity contribution in [3.8, 4) is 0 Å². The highest BCUT2D eigenvalue weighted by molar-refractivity contribution is 9.10. The van der Waals surface area contributed by atoms with Crippen molar-refractivity contribution in [2.75, 3.05) is 11.9 Å². The number of halogens is 1. The summed E-state index contributed by atoms with van der Waals surface area (Å²) in [4.78, 5) is 0. The summed E-state index contributed by atoms with van der Waals surface area (Å²) < 4.78 is 1.22. The van der Waals surface area contributed by atoms with E-state index in [-0.39, 0.29) is 0 Å². The Hall–Kier alpha value is -0.500. The molecule has 1 nitrogen and oxygen atoms in total. The fourth-order valence-electron chi connectivity index (χ4n) is 1.93. The Morgan fingerprint density at radius 3 is 2.31 bits per heavy atom. The molecule has 0 radical (unpaired) electrons. The maximum Gasteiger partial charge on any atom is 0.0346 e. The van der Waals surface area contributed by atoms with E-state index in [1.54, 1.807) is 0 Å². The maximum atomic E-state index is 3.59. The molecule has 1 atom stereocenters. The molecule has 1 rings (SSSR count). The molecule has 2 heteroatoms. The average Bonchev–Trinajstić information content (AvgIpc) is 2.23. The summed E-state index contributed by atoms with van der Waals surface area (Å²) in [5.41, 5.74) is 3.83. The Bertz CT molecular complexity index is 324. The molecule has 0 aromatic heterocycles. The molecule has 0 aliphatic carbocycles. The molecule has 1 N–H and O–H groups in total. The number of nitrogens with one attached hydrogen (secondary N) is 1. The zero-order valence-corrected chi connectivity index (χ0v) is 12.3. The van der Waals surface area contributed by atoms with Gasteiger partial charge in [-0.1, -0.05) is 36.2 Å². The van der Waals surface area contributed by atoms with Crippen molar-refractivity contribution >= 4 is 21.6 Å². The van der Waals surface area contributed by atoms with Crippen molar-refractivity contribution in [1.29, 1.82) is 0 Å². The van der Waals surface area contributed by atoms with Gasteiger partial charge in [-0.2, -0.15) is 0 Å². The second-order valence-electron chi connectivity index (χ2n) is 4.70. The van der Waals surface area contributed by atoms with Crippen LogP contribution in [0, 0.1) is 19.8 Å². The van der Waals surface area contributed by atoms with E-state index in [4.69, 9.17) is 0 Å². The predicted molar refractivity (Wildman–Crippen MR) is 76.2 cm³/mol. The summed E-state index contributed by atoms with van der Waals surface area (Å²) in [5, 5.41) is 3.52. The Kier molecular flexibility index (Phi) is 5.33. The number of hydrogen-bond acceptors (Lipinski definition) is 1. The molecule has 1 aromatic rings. The number of aryl methyl sites for hydroxylation is 2. The molecule has 0 fully saturated rings. The minimum absolute atomic E-state index is 0.745. The third kappa shape index (κ3) is 3.82. The van der Waals surface area contributed by atoms with Crippen LogP contribution in [-0.4, -0.2) is 6.54 Å². The van der Waals surface area contributed by atoms with Crippen LogP contribution in [0.15, 0.2) is 16.6 Å². The summed E-state index contributed by atoms with van der Waals surface area (Å²) in [6.45, 7) is 9.88. The van der Waals surface area contributed by atoms with E-state index >= 15 is 0 Å². The van der Waals surface area contributed by atoms with Crippen molar-refractivity contribution < 1.29 is 0 Å². The number of hydrogen-bond donors (Lipinski definition) is 1. The fraction of sp³-hybridized carbons (Fsp3) is 0.571. The van der Waals surface area contributed by atoms with Gasteiger partial charge < -0.3 is 5.32 Å². The molecule has 0 saturated carbocycles. The van der Waals surface area contributed by atoms with Gasteiger partial charge in [0.05, 0.1) is 0 Å². The summed E-state index contributed by atoms with van der Waals surface area (Å²) in [6, 6.07) is 4.41. The van der Waals surface area contributed by atoms with Gasteiger partial charge in [0.25, 0.3) is 0 Å². The first-order valence-electron chi connectivity index (χ1n) is 6.05. The Morgan fingerprint density at radius 2 is 1.81 bits per heavy atom. The predicted octanol–water partition coefficient (Wildman–Crippen LogP) is 4.91. The third-order valence-electron chi connectivity index (χ3n) is 2.87. The highest BCUT2D eigenvalue weighted by Gasteiger charge is 2.04. The molecule has 0 aliphatic rings. The van der Waals surface area contributed by atoms with E-state index in [1.807, 2.05) is 0 Å².